The van der Waals surface area contributed by atoms with Crippen molar-refractivity contribution in [1.29, 1.82) is 5.26 Å². The largest absolute Gasteiger partial charge is 0.383 e. The molecule has 0 bridgehead atoms. The van der Waals surface area contributed by atoms with Crippen LogP contribution in [0.25, 0.3) is 0 Å². The molecule has 17 heavy (non-hydrogen) atoms. The lowest BCUT2D eigenvalue weighted by Gasteiger charge is -2.02. The van der Waals surface area contributed by atoms with Gasteiger partial charge in [0.05, 0.1) is 4.90 Å². The summed E-state index contributed by atoms with van der Waals surface area (Å²) in [5.74, 6) is 0.138. The maximum absolute atomic E-state index is 11.2. The number of nitrogens with zero attached hydrogens (tertiary/aromatic N) is 3. The summed E-state index contributed by atoms with van der Waals surface area (Å²) in [6.45, 7) is 0. The van der Waals surface area contributed by atoms with E-state index in [2.05, 4.69) is 15.0 Å². The SMILES string of the molecule is N#Cc1ncccc1Sc1nc(N)cc(=O)[nH]1. The third-order valence-electron chi connectivity index (χ3n) is 1.82. The molecule has 0 atom stereocenters. The minimum Gasteiger partial charge on any atom is -0.383 e. The van der Waals surface area contributed by atoms with Gasteiger partial charge in [0.1, 0.15) is 11.9 Å². The Labute approximate surface area is 101 Å². The van der Waals surface area contributed by atoms with E-state index in [9.17, 15) is 4.79 Å². The van der Waals surface area contributed by atoms with Crippen LogP contribution in [0.1, 0.15) is 5.69 Å². The predicted molar refractivity (Wildman–Crippen MR) is 62.3 cm³/mol. The molecule has 84 valence electrons. The summed E-state index contributed by atoms with van der Waals surface area (Å²) >= 11 is 1.14. The zero-order valence-corrected chi connectivity index (χ0v) is 9.36. The summed E-state index contributed by atoms with van der Waals surface area (Å²) in [7, 11) is 0. The number of nitriles is 1. The first-order valence-corrected chi connectivity index (χ1v) is 5.40. The van der Waals surface area contributed by atoms with Gasteiger partial charge in [-0.3, -0.25) is 4.79 Å². The molecule has 0 spiro atoms. The zero-order chi connectivity index (χ0) is 12.3. The third kappa shape index (κ3) is 2.62. The van der Waals surface area contributed by atoms with Crippen LogP contribution in [0.4, 0.5) is 5.82 Å². The molecule has 0 aromatic carbocycles. The molecule has 0 aliphatic carbocycles. The van der Waals surface area contributed by atoms with Crippen molar-refractivity contribution in [1.82, 2.24) is 15.0 Å². The molecule has 0 radical (unpaired) electrons. The first-order chi connectivity index (χ1) is 8.19. The smallest absolute Gasteiger partial charge is 0.253 e. The fourth-order valence-electron chi connectivity index (χ4n) is 1.16. The van der Waals surface area contributed by atoms with Crippen LogP contribution in [-0.4, -0.2) is 15.0 Å². The van der Waals surface area contributed by atoms with Crippen LogP contribution in [0.3, 0.4) is 0 Å². The quantitative estimate of drug-likeness (QED) is 0.756. The molecular formula is C10H7N5OS. The fourth-order valence-corrected chi connectivity index (χ4v) is 2.02. The van der Waals surface area contributed by atoms with E-state index in [4.69, 9.17) is 11.0 Å². The number of pyridine rings is 1. The molecule has 3 N–H and O–H groups in total. The van der Waals surface area contributed by atoms with Crippen molar-refractivity contribution in [3.63, 3.8) is 0 Å². The molecule has 0 saturated carbocycles. The van der Waals surface area contributed by atoms with E-state index in [1.54, 1.807) is 12.1 Å². The molecule has 0 unspecified atom stereocenters. The van der Waals surface area contributed by atoms with Gasteiger partial charge in [-0.1, -0.05) is 0 Å². The van der Waals surface area contributed by atoms with Crippen LogP contribution in [0.5, 0.6) is 0 Å². The van der Waals surface area contributed by atoms with Gasteiger partial charge in [0, 0.05) is 12.3 Å². The Hall–Kier alpha value is -2.33. The van der Waals surface area contributed by atoms with Gasteiger partial charge in [-0.2, -0.15) is 5.26 Å². The fraction of sp³-hybridized carbons (Fsp3) is 0. The van der Waals surface area contributed by atoms with Crippen molar-refractivity contribution < 1.29 is 0 Å². The molecule has 0 aliphatic rings. The van der Waals surface area contributed by atoms with Crippen LogP contribution in [0, 0.1) is 11.3 Å². The van der Waals surface area contributed by atoms with Gasteiger partial charge in [0.2, 0.25) is 0 Å². The molecule has 2 aromatic rings. The minimum atomic E-state index is -0.331. The summed E-state index contributed by atoms with van der Waals surface area (Å²) < 4.78 is 0. The molecule has 0 fully saturated rings. The summed E-state index contributed by atoms with van der Waals surface area (Å²) in [6, 6.07) is 6.58. The van der Waals surface area contributed by atoms with Crippen LogP contribution >= 0.6 is 11.8 Å². The van der Waals surface area contributed by atoms with E-state index in [0.29, 0.717) is 10.1 Å². The summed E-state index contributed by atoms with van der Waals surface area (Å²) in [6.07, 6.45) is 1.53. The van der Waals surface area contributed by atoms with Gasteiger partial charge in [0.25, 0.3) is 5.56 Å². The van der Waals surface area contributed by atoms with Gasteiger partial charge < -0.3 is 10.7 Å². The topological polar surface area (TPSA) is 108 Å². The Bertz CT molecular complexity index is 646. The van der Waals surface area contributed by atoms with Gasteiger partial charge >= 0.3 is 0 Å². The highest BCUT2D eigenvalue weighted by Gasteiger charge is 2.07. The predicted octanol–water partition coefficient (Wildman–Crippen LogP) is 0.770. The second-order valence-corrected chi connectivity index (χ2v) is 4.07. The van der Waals surface area contributed by atoms with E-state index in [1.165, 1.54) is 12.3 Å². The Balaban J connectivity index is 2.38. The minimum absolute atomic E-state index is 0.138. The van der Waals surface area contributed by atoms with Gasteiger partial charge in [-0.25, -0.2) is 9.97 Å². The van der Waals surface area contributed by atoms with Gasteiger partial charge in [0.15, 0.2) is 10.9 Å². The number of H-pyrrole nitrogens is 1. The summed E-state index contributed by atoms with van der Waals surface area (Å²) in [5, 5.41) is 9.20. The Morgan fingerprint density at radius 2 is 2.35 bits per heavy atom. The van der Waals surface area contributed by atoms with Crippen molar-refractivity contribution in [3.05, 3.63) is 40.4 Å². The lowest BCUT2D eigenvalue weighted by Crippen LogP contribution is -2.09. The molecule has 2 rings (SSSR count). The Kier molecular flexibility index (Phi) is 3.07. The lowest BCUT2D eigenvalue weighted by atomic mass is 10.4. The molecule has 0 saturated heterocycles. The van der Waals surface area contributed by atoms with E-state index < -0.39 is 0 Å². The second-order valence-electron chi connectivity index (χ2n) is 3.04. The molecule has 2 heterocycles. The normalized spacial score (nSPS) is 9.82. The molecule has 0 aliphatic heterocycles. The monoisotopic (exact) mass is 245 g/mol. The first-order valence-electron chi connectivity index (χ1n) is 4.59. The van der Waals surface area contributed by atoms with Crippen LogP contribution in [0.2, 0.25) is 0 Å². The maximum atomic E-state index is 11.2. The highest BCUT2D eigenvalue weighted by Crippen LogP contribution is 2.25. The van der Waals surface area contributed by atoms with Crippen LogP contribution < -0.4 is 11.3 Å². The van der Waals surface area contributed by atoms with Crippen LogP contribution in [0.15, 0.2) is 39.2 Å². The number of nitrogens with one attached hydrogen (secondary N) is 1. The number of nitrogens with two attached hydrogens (primary N) is 1. The van der Waals surface area contributed by atoms with Crippen molar-refractivity contribution >= 4 is 17.6 Å². The van der Waals surface area contributed by atoms with Crippen molar-refractivity contribution in [3.8, 4) is 6.07 Å². The standard InChI is InChI=1S/C10H7N5OS/c11-5-6-7(2-1-3-13-6)17-10-14-8(12)4-9(16)15-10/h1-4H,(H3,12,14,15,16). The number of aromatic amines is 1. The average Bonchev–Trinajstić information content (AvgIpc) is 2.28. The summed E-state index contributed by atoms with van der Waals surface area (Å²) in [4.78, 5) is 22.2. The zero-order valence-electron chi connectivity index (χ0n) is 8.54. The highest BCUT2D eigenvalue weighted by atomic mass is 32.2. The number of hydrogen-bond donors (Lipinski definition) is 2. The molecule has 7 heteroatoms. The number of nitrogen functional groups attached to an aromatic ring is 1. The second kappa shape index (κ2) is 4.67. The molecule has 0 amide bonds. The van der Waals surface area contributed by atoms with Gasteiger partial charge in [-0.05, 0) is 23.9 Å². The Morgan fingerprint density at radius 3 is 3.06 bits per heavy atom. The third-order valence-corrected chi connectivity index (χ3v) is 2.76. The van der Waals surface area contributed by atoms with Gasteiger partial charge in [-0.15, -0.1) is 0 Å². The maximum Gasteiger partial charge on any atom is 0.253 e. The molecule has 2 aromatic heterocycles. The highest BCUT2D eigenvalue weighted by molar-refractivity contribution is 7.99. The van der Waals surface area contributed by atoms with E-state index in [-0.39, 0.29) is 17.1 Å². The lowest BCUT2D eigenvalue weighted by molar-refractivity contribution is 0.944. The van der Waals surface area contributed by atoms with Crippen molar-refractivity contribution in [2.45, 2.75) is 10.1 Å². The van der Waals surface area contributed by atoms with E-state index in [1.807, 2.05) is 6.07 Å². The number of hydrogen-bond acceptors (Lipinski definition) is 6. The van der Waals surface area contributed by atoms with E-state index >= 15 is 0 Å². The van der Waals surface area contributed by atoms with Crippen LogP contribution in [-0.2, 0) is 0 Å². The van der Waals surface area contributed by atoms with Crippen molar-refractivity contribution in [2.75, 3.05) is 5.73 Å². The van der Waals surface area contributed by atoms with Crippen molar-refractivity contribution in [2.24, 2.45) is 0 Å². The summed E-state index contributed by atoms with van der Waals surface area (Å²) in [5.41, 5.74) is 5.41. The van der Waals surface area contributed by atoms with E-state index in [0.717, 1.165) is 11.8 Å². The number of anilines is 1. The first kappa shape index (κ1) is 11.2. The molecule has 6 nitrogen and oxygen atoms in total. The number of aromatic nitrogens is 3. The number of rotatable bonds is 2. The molecular weight excluding hydrogens is 238 g/mol. The Morgan fingerprint density at radius 1 is 1.53 bits per heavy atom. The average molecular weight is 245 g/mol.